The number of hydrogen-bond donors (Lipinski definition) is 0. The number of rotatable bonds is 15. The van der Waals surface area contributed by atoms with Crippen LogP contribution in [-0.2, 0) is 0 Å². The van der Waals surface area contributed by atoms with Gasteiger partial charge in [0.25, 0.3) is 7.38 Å². The van der Waals surface area contributed by atoms with Crippen molar-refractivity contribution in [3.8, 4) is 69.0 Å². The van der Waals surface area contributed by atoms with Crippen molar-refractivity contribution in [2.75, 3.05) is 85.3 Å². The number of benzene rings is 3. The van der Waals surface area contributed by atoms with Crippen molar-refractivity contribution in [3.05, 3.63) is 18.2 Å². The molecule has 0 atom stereocenters. The quantitative estimate of drug-likeness (QED) is 0.136. The second-order valence-corrected chi connectivity index (χ2v) is 13.5. The standard InChI is InChI=1S/C30H39ClO12Si/c1-32-16-13-19(25(38-7)28(41-10)22(16)35-4)44(31,20-14-17(33-2)23(36-5)29(42-11)26(20)39-8)21-15-18(34-3)24(37-6)30(43-12)27(21)40-9/h13-15H,1-12H3. The normalized spacial score (nSPS) is 10.8. The maximum Gasteiger partial charge on any atom is 0.259 e. The minimum absolute atomic E-state index is 0.250. The molecule has 0 unspecified atom stereocenters. The molecule has 0 spiro atoms. The van der Waals surface area contributed by atoms with Crippen LogP contribution in [0.5, 0.6) is 69.0 Å². The van der Waals surface area contributed by atoms with Crippen LogP contribution in [0.25, 0.3) is 0 Å². The summed E-state index contributed by atoms with van der Waals surface area (Å²) in [4.78, 5) is 0. The molecule has 0 heterocycles. The highest BCUT2D eigenvalue weighted by Gasteiger charge is 2.50. The average Bonchev–Trinajstić information content (AvgIpc) is 3.07. The van der Waals surface area contributed by atoms with Gasteiger partial charge in [-0.15, -0.1) is 11.1 Å². The molecule has 44 heavy (non-hydrogen) atoms. The summed E-state index contributed by atoms with van der Waals surface area (Å²) in [5.74, 6) is 3.47. The van der Waals surface area contributed by atoms with Gasteiger partial charge < -0.3 is 56.8 Å². The molecule has 0 bridgehead atoms. The van der Waals surface area contributed by atoms with Gasteiger partial charge in [0.1, 0.15) is 0 Å². The van der Waals surface area contributed by atoms with Crippen LogP contribution < -0.4 is 72.4 Å². The van der Waals surface area contributed by atoms with E-state index in [1.54, 1.807) is 18.2 Å². The smallest absolute Gasteiger partial charge is 0.259 e. The van der Waals surface area contributed by atoms with E-state index in [9.17, 15) is 0 Å². The lowest BCUT2D eigenvalue weighted by atomic mass is 10.2. The molecule has 0 aliphatic carbocycles. The molecule has 14 heteroatoms. The van der Waals surface area contributed by atoms with Crippen LogP contribution in [0.1, 0.15) is 0 Å². The summed E-state index contributed by atoms with van der Waals surface area (Å²) in [6.07, 6.45) is 0. The first-order valence-electron chi connectivity index (χ1n) is 13.0. The summed E-state index contributed by atoms with van der Waals surface area (Å²) < 4.78 is 69.6. The second-order valence-electron chi connectivity index (χ2n) is 8.84. The van der Waals surface area contributed by atoms with Gasteiger partial charge in [-0.05, 0) is 18.2 Å². The molecule has 0 saturated carbocycles. The van der Waals surface area contributed by atoms with E-state index in [4.69, 9.17) is 67.9 Å². The van der Waals surface area contributed by atoms with Gasteiger partial charge in [-0.25, -0.2) is 0 Å². The van der Waals surface area contributed by atoms with Crippen LogP contribution in [0.4, 0.5) is 0 Å². The van der Waals surface area contributed by atoms with Crippen molar-refractivity contribution < 1.29 is 56.8 Å². The molecular formula is C30H39ClO12Si. The molecule has 3 aromatic rings. The first-order valence-corrected chi connectivity index (χ1v) is 16.0. The van der Waals surface area contributed by atoms with Gasteiger partial charge in [-0.3, -0.25) is 0 Å². The zero-order chi connectivity index (χ0) is 32.8. The zero-order valence-electron chi connectivity index (χ0n) is 27.0. The molecule has 0 saturated heterocycles. The zero-order valence-corrected chi connectivity index (χ0v) is 28.8. The van der Waals surface area contributed by atoms with Gasteiger partial charge >= 0.3 is 0 Å². The lowest BCUT2D eigenvalue weighted by Crippen LogP contribution is -2.63. The molecule has 0 N–H and O–H groups in total. The van der Waals surface area contributed by atoms with E-state index in [0.717, 1.165) is 0 Å². The summed E-state index contributed by atoms with van der Waals surface area (Å²) in [6, 6.07) is 5.18. The molecule has 242 valence electrons. The van der Waals surface area contributed by atoms with Crippen molar-refractivity contribution in [1.82, 2.24) is 0 Å². The third kappa shape index (κ3) is 5.34. The van der Waals surface area contributed by atoms with Crippen molar-refractivity contribution >= 4 is 34.0 Å². The van der Waals surface area contributed by atoms with E-state index in [0.29, 0.717) is 50.1 Å². The van der Waals surface area contributed by atoms with Crippen molar-refractivity contribution in [2.45, 2.75) is 0 Å². The van der Waals surface area contributed by atoms with E-state index in [1.807, 2.05) is 0 Å². The molecule has 3 aromatic carbocycles. The average molecular weight is 655 g/mol. The summed E-state index contributed by atoms with van der Waals surface area (Å²) >= 11 is 8.17. The Hall–Kier alpha value is -4.23. The molecule has 0 radical (unpaired) electrons. The van der Waals surface area contributed by atoms with Gasteiger partial charge in [0.15, 0.2) is 34.5 Å². The van der Waals surface area contributed by atoms with Crippen molar-refractivity contribution in [3.63, 3.8) is 0 Å². The first kappa shape index (κ1) is 34.3. The van der Waals surface area contributed by atoms with Gasteiger partial charge in [0.2, 0.25) is 34.5 Å². The summed E-state index contributed by atoms with van der Waals surface area (Å²) in [7, 11) is 13.9. The molecular weight excluding hydrogens is 616 g/mol. The van der Waals surface area contributed by atoms with Crippen molar-refractivity contribution in [2.24, 2.45) is 0 Å². The summed E-state index contributed by atoms with van der Waals surface area (Å²) in [5, 5.41) is 1.41. The second kappa shape index (κ2) is 14.5. The fourth-order valence-electron chi connectivity index (χ4n) is 5.20. The molecule has 0 aliphatic rings. The Kier molecular flexibility index (Phi) is 11.3. The van der Waals surface area contributed by atoms with Gasteiger partial charge in [0, 0.05) is 15.6 Å². The van der Waals surface area contributed by atoms with Crippen LogP contribution in [0.3, 0.4) is 0 Å². The Bertz CT molecular complexity index is 1310. The maximum atomic E-state index is 8.17. The molecule has 0 aromatic heterocycles. The van der Waals surface area contributed by atoms with Crippen LogP contribution in [-0.4, -0.2) is 92.7 Å². The minimum atomic E-state index is -4.02. The predicted octanol–water partition coefficient (Wildman–Crippen LogP) is 3.00. The van der Waals surface area contributed by atoms with Crippen LogP contribution in [0, 0.1) is 0 Å². The Labute approximate surface area is 263 Å². The Morgan fingerprint density at radius 1 is 0.318 bits per heavy atom. The van der Waals surface area contributed by atoms with E-state index in [-0.39, 0.29) is 34.5 Å². The van der Waals surface area contributed by atoms with Crippen LogP contribution >= 0.6 is 11.1 Å². The number of methoxy groups -OCH3 is 12. The van der Waals surface area contributed by atoms with E-state index < -0.39 is 7.38 Å². The molecule has 0 fully saturated rings. The van der Waals surface area contributed by atoms with Gasteiger partial charge in [-0.2, -0.15) is 0 Å². The third-order valence-electron chi connectivity index (χ3n) is 7.08. The lowest BCUT2D eigenvalue weighted by molar-refractivity contribution is 0.306. The largest absolute Gasteiger partial charge is 0.493 e. The third-order valence-corrected chi connectivity index (χ3v) is 12.3. The van der Waals surface area contributed by atoms with Gasteiger partial charge in [-0.1, -0.05) is 0 Å². The highest BCUT2D eigenvalue weighted by molar-refractivity contribution is 7.41. The van der Waals surface area contributed by atoms with Crippen LogP contribution in [0.15, 0.2) is 18.2 Å². The SMILES string of the molecule is COc1cc([Si](Cl)(c2cc(OC)c(OC)c(OC)c2OC)c2cc(OC)c(OC)c(OC)c2OC)c(OC)c(OC)c1OC. The fourth-order valence-corrected chi connectivity index (χ4v) is 9.91. The molecule has 12 nitrogen and oxygen atoms in total. The monoisotopic (exact) mass is 654 g/mol. The molecule has 3 rings (SSSR count). The predicted molar refractivity (Wildman–Crippen MR) is 168 cm³/mol. The number of ether oxygens (including phenoxy) is 12. The molecule has 0 amide bonds. The van der Waals surface area contributed by atoms with E-state index >= 15 is 0 Å². The highest BCUT2D eigenvalue weighted by Crippen LogP contribution is 2.49. The topological polar surface area (TPSA) is 111 Å². The Balaban J connectivity index is 2.81. The number of halogens is 1. The Morgan fingerprint density at radius 2 is 0.523 bits per heavy atom. The fraction of sp³-hybridized carbons (Fsp3) is 0.400. The van der Waals surface area contributed by atoms with E-state index in [2.05, 4.69) is 0 Å². The van der Waals surface area contributed by atoms with E-state index in [1.165, 1.54) is 85.3 Å². The molecule has 0 aliphatic heterocycles. The Morgan fingerprint density at radius 3 is 0.682 bits per heavy atom. The summed E-state index contributed by atoms with van der Waals surface area (Å²) in [6.45, 7) is 0. The minimum Gasteiger partial charge on any atom is -0.493 e. The maximum absolute atomic E-state index is 8.17. The summed E-state index contributed by atoms with van der Waals surface area (Å²) in [5.41, 5.74) is 0. The first-order chi connectivity index (χ1) is 21.2. The number of hydrogen-bond acceptors (Lipinski definition) is 12. The van der Waals surface area contributed by atoms with Crippen LogP contribution in [0.2, 0.25) is 0 Å². The lowest BCUT2D eigenvalue weighted by Gasteiger charge is -2.33. The van der Waals surface area contributed by atoms with Gasteiger partial charge in [0.05, 0.1) is 85.3 Å². The highest BCUT2D eigenvalue weighted by atomic mass is 35.6. The van der Waals surface area contributed by atoms with Crippen molar-refractivity contribution in [1.29, 1.82) is 0 Å².